The number of alkyl halides is 3. The van der Waals surface area contributed by atoms with E-state index in [0.717, 1.165) is 6.20 Å². The van der Waals surface area contributed by atoms with Crippen LogP contribution in [-0.2, 0) is 5.33 Å². The Morgan fingerprint density at radius 3 is 2.69 bits per heavy atom. The number of nitrogens with two attached hydrogens (primary N) is 1. The first-order chi connectivity index (χ1) is 6.07. The number of rotatable bonds is 2. The number of H-pyrrole nitrogens is 1. The van der Waals surface area contributed by atoms with Crippen LogP contribution in [0.5, 0.6) is 0 Å². The highest BCUT2D eigenvalue weighted by Gasteiger charge is 2.16. The van der Waals surface area contributed by atoms with Crippen molar-refractivity contribution in [1.82, 2.24) is 4.98 Å². The van der Waals surface area contributed by atoms with Crippen LogP contribution in [0, 0.1) is 0 Å². The number of aromatic nitrogens is 1. The molecule has 72 valence electrons. The zero-order chi connectivity index (χ0) is 10.0. The van der Waals surface area contributed by atoms with E-state index in [1.807, 2.05) is 0 Å². The van der Waals surface area contributed by atoms with Gasteiger partial charge in [-0.15, -0.1) is 0 Å². The average Bonchev–Trinajstić information content (AvgIpc) is 2.09. The second kappa shape index (κ2) is 3.87. The lowest BCUT2D eigenvalue weighted by molar-refractivity contribution is 0.150. The predicted molar refractivity (Wildman–Crippen MR) is 49.1 cm³/mol. The van der Waals surface area contributed by atoms with Crippen LogP contribution < -0.4 is 11.3 Å². The number of hydrogen-bond acceptors (Lipinski definition) is 2. The summed E-state index contributed by atoms with van der Waals surface area (Å²) in [7, 11) is 0. The second-order valence-corrected chi connectivity index (χ2v) is 2.96. The molecule has 0 aromatic carbocycles. The summed E-state index contributed by atoms with van der Waals surface area (Å²) >= 11 is 3.00. The number of anilines is 1. The first-order valence-corrected chi connectivity index (χ1v) is 4.54. The summed E-state index contributed by atoms with van der Waals surface area (Å²) in [4.78, 5) is 13.1. The van der Waals surface area contributed by atoms with Crippen LogP contribution in [0.3, 0.4) is 0 Å². The van der Waals surface area contributed by atoms with Crippen molar-refractivity contribution < 1.29 is 8.78 Å². The molecular formula is C7H7BrF2N2O. The van der Waals surface area contributed by atoms with E-state index in [4.69, 9.17) is 5.73 Å². The normalized spacial score (nSPS) is 10.8. The lowest BCUT2D eigenvalue weighted by Crippen LogP contribution is -2.15. The quantitative estimate of drug-likeness (QED) is 0.789. The third-order valence-electron chi connectivity index (χ3n) is 1.65. The molecule has 1 heterocycles. The Labute approximate surface area is 81.1 Å². The summed E-state index contributed by atoms with van der Waals surface area (Å²) in [5.74, 6) is 0. The minimum Gasteiger partial charge on any atom is -0.394 e. The van der Waals surface area contributed by atoms with Gasteiger partial charge >= 0.3 is 0 Å². The monoisotopic (exact) mass is 252 g/mol. The molecule has 0 saturated heterocycles. The van der Waals surface area contributed by atoms with Crippen LogP contribution in [0.15, 0.2) is 11.0 Å². The molecule has 1 aromatic heterocycles. The molecule has 0 aliphatic heterocycles. The Morgan fingerprint density at radius 1 is 1.62 bits per heavy atom. The van der Waals surface area contributed by atoms with Crippen molar-refractivity contribution in [3.63, 3.8) is 0 Å². The summed E-state index contributed by atoms with van der Waals surface area (Å²) < 4.78 is 24.7. The third-order valence-corrected chi connectivity index (χ3v) is 2.21. The SMILES string of the molecule is Nc1c(CBr)c(C(F)F)c[nH]c1=O. The average molecular weight is 253 g/mol. The largest absolute Gasteiger partial charge is 0.394 e. The number of pyridine rings is 1. The van der Waals surface area contributed by atoms with E-state index in [9.17, 15) is 13.6 Å². The molecule has 0 saturated carbocycles. The number of halogens is 3. The van der Waals surface area contributed by atoms with Crippen molar-refractivity contribution in [2.75, 3.05) is 5.73 Å². The van der Waals surface area contributed by atoms with Crippen molar-refractivity contribution in [1.29, 1.82) is 0 Å². The molecular weight excluding hydrogens is 246 g/mol. The van der Waals surface area contributed by atoms with Gasteiger partial charge in [-0.25, -0.2) is 8.78 Å². The van der Waals surface area contributed by atoms with Crippen LogP contribution in [0.4, 0.5) is 14.5 Å². The summed E-state index contributed by atoms with van der Waals surface area (Å²) in [6, 6.07) is 0. The molecule has 0 amide bonds. The molecule has 1 rings (SSSR count). The molecule has 0 aliphatic rings. The molecule has 0 fully saturated rings. The van der Waals surface area contributed by atoms with Gasteiger partial charge in [0.05, 0.1) is 0 Å². The minimum absolute atomic E-state index is 0.141. The lowest BCUT2D eigenvalue weighted by atomic mass is 10.1. The maximum Gasteiger partial charge on any atom is 0.271 e. The van der Waals surface area contributed by atoms with E-state index in [1.54, 1.807) is 0 Å². The second-order valence-electron chi connectivity index (χ2n) is 2.40. The molecule has 0 atom stereocenters. The summed E-state index contributed by atoms with van der Waals surface area (Å²) in [5.41, 5.74) is 4.53. The molecule has 13 heavy (non-hydrogen) atoms. The maximum atomic E-state index is 12.3. The molecule has 6 heteroatoms. The van der Waals surface area contributed by atoms with Crippen molar-refractivity contribution >= 4 is 21.6 Å². The zero-order valence-electron chi connectivity index (χ0n) is 6.48. The number of aromatic amines is 1. The predicted octanol–water partition coefficient (Wildman–Crippen LogP) is 1.79. The van der Waals surface area contributed by atoms with Gasteiger partial charge in [-0.1, -0.05) is 15.9 Å². The van der Waals surface area contributed by atoms with Crippen LogP contribution in [0.2, 0.25) is 0 Å². The zero-order valence-corrected chi connectivity index (χ0v) is 8.07. The van der Waals surface area contributed by atoms with Gasteiger partial charge in [0, 0.05) is 22.7 Å². The fourth-order valence-electron chi connectivity index (χ4n) is 0.945. The molecule has 0 bridgehead atoms. The van der Waals surface area contributed by atoms with Crippen LogP contribution in [-0.4, -0.2) is 4.98 Å². The van der Waals surface area contributed by atoms with Gasteiger partial charge in [0.1, 0.15) is 5.69 Å². The van der Waals surface area contributed by atoms with E-state index in [0.29, 0.717) is 0 Å². The van der Waals surface area contributed by atoms with E-state index >= 15 is 0 Å². The fraction of sp³-hybridized carbons (Fsp3) is 0.286. The molecule has 3 nitrogen and oxygen atoms in total. The van der Waals surface area contributed by atoms with E-state index in [-0.39, 0.29) is 22.1 Å². The van der Waals surface area contributed by atoms with Crippen LogP contribution in [0.25, 0.3) is 0 Å². The molecule has 3 N–H and O–H groups in total. The van der Waals surface area contributed by atoms with Gasteiger partial charge in [0.15, 0.2) is 0 Å². The van der Waals surface area contributed by atoms with Crippen LogP contribution >= 0.6 is 15.9 Å². The Hall–Kier alpha value is -0.910. The number of nitrogen functional groups attached to an aromatic ring is 1. The molecule has 0 unspecified atom stereocenters. The topological polar surface area (TPSA) is 58.9 Å². The van der Waals surface area contributed by atoms with Crippen molar-refractivity contribution in [2.24, 2.45) is 0 Å². The van der Waals surface area contributed by atoms with Gasteiger partial charge in [0.25, 0.3) is 12.0 Å². The van der Waals surface area contributed by atoms with E-state index in [1.165, 1.54) is 0 Å². The molecule has 0 aliphatic carbocycles. The van der Waals surface area contributed by atoms with Crippen molar-refractivity contribution in [3.05, 3.63) is 27.7 Å². The van der Waals surface area contributed by atoms with E-state index in [2.05, 4.69) is 20.9 Å². The Bertz CT molecular complexity index is 364. The smallest absolute Gasteiger partial charge is 0.271 e. The Kier molecular flexibility index (Phi) is 3.02. The Morgan fingerprint density at radius 2 is 2.23 bits per heavy atom. The molecule has 0 spiro atoms. The van der Waals surface area contributed by atoms with Crippen LogP contribution in [0.1, 0.15) is 17.6 Å². The summed E-state index contributed by atoms with van der Waals surface area (Å²) in [6.07, 6.45) is -1.65. The van der Waals surface area contributed by atoms with Gasteiger partial charge in [0.2, 0.25) is 0 Å². The van der Waals surface area contributed by atoms with E-state index < -0.39 is 12.0 Å². The first-order valence-electron chi connectivity index (χ1n) is 3.42. The minimum atomic E-state index is -2.63. The Balaban J connectivity index is 3.38. The van der Waals surface area contributed by atoms with Gasteiger partial charge < -0.3 is 10.7 Å². The fourth-order valence-corrected chi connectivity index (χ4v) is 1.57. The van der Waals surface area contributed by atoms with Gasteiger partial charge in [-0.3, -0.25) is 4.79 Å². The standard InChI is InChI=1S/C7H7BrF2N2O/c8-1-3-4(6(9)10)2-12-7(13)5(3)11/h2,6H,1,11H2,(H,12,13). The van der Waals surface area contributed by atoms with Gasteiger partial charge in [-0.05, 0) is 0 Å². The first kappa shape index (κ1) is 10.2. The third kappa shape index (κ3) is 1.88. The maximum absolute atomic E-state index is 12.3. The number of nitrogens with one attached hydrogen (secondary N) is 1. The molecule has 0 radical (unpaired) electrons. The highest BCUT2D eigenvalue weighted by molar-refractivity contribution is 9.08. The highest BCUT2D eigenvalue weighted by atomic mass is 79.9. The summed E-state index contributed by atoms with van der Waals surface area (Å²) in [6.45, 7) is 0. The van der Waals surface area contributed by atoms with Gasteiger partial charge in [-0.2, -0.15) is 0 Å². The van der Waals surface area contributed by atoms with Crippen molar-refractivity contribution in [2.45, 2.75) is 11.8 Å². The lowest BCUT2D eigenvalue weighted by Gasteiger charge is -2.07. The number of hydrogen-bond donors (Lipinski definition) is 2. The summed E-state index contributed by atoms with van der Waals surface area (Å²) in [5, 5.41) is 0.141. The molecule has 1 aromatic rings. The highest BCUT2D eigenvalue weighted by Crippen LogP contribution is 2.25. The van der Waals surface area contributed by atoms with Crippen molar-refractivity contribution in [3.8, 4) is 0 Å².